The van der Waals surface area contributed by atoms with E-state index in [0.717, 1.165) is 32.1 Å². The van der Waals surface area contributed by atoms with Gasteiger partial charge in [0.25, 0.3) is 0 Å². The maximum Gasteiger partial charge on any atom is 0.305 e. The number of aliphatic hydroxyl groups is 1. The van der Waals surface area contributed by atoms with Gasteiger partial charge in [0.1, 0.15) is 0 Å². The monoisotopic (exact) mass is 376 g/mol. The van der Waals surface area contributed by atoms with Crippen molar-refractivity contribution in [3.05, 3.63) is 0 Å². The molecule has 1 rings (SSSR count). The van der Waals surface area contributed by atoms with Gasteiger partial charge in [-0.25, -0.2) is 0 Å². The molecule has 1 saturated carbocycles. The molecule has 1 aliphatic carbocycles. The normalized spacial score (nSPS) is 23.3. The highest BCUT2D eigenvalue weighted by Crippen LogP contribution is 2.39. The topological polar surface area (TPSA) is 74.6 Å². The third kappa shape index (κ3) is 8.11. The van der Waals surface area contributed by atoms with Crippen LogP contribution in [0.2, 0.25) is 0 Å². The first-order valence-electron chi connectivity index (χ1n) is 10.1. The zero-order valence-electron chi connectivity index (χ0n) is 15.9. The Kier molecular flexibility index (Phi) is 10.3. The van der Waals surface area contributed by atoms with E-state index in [1.54, 1.807) is 0 Å². The molecule has 1 aliphatic rings. The van der Waals surface area contributed by atoms with E-state index in [0.29, 0.717) is 32.1 Å². The molecular formula is C20H34F2O4. The number of ketones is 1. The number of hydrogen-bond donors (Lipinski definition) is 2. The molecule has 2 N–H and O–H groups in total. The van der Waals surface area contributed by atoms with Crippen LogP contribution in [0.3, 0.4) is 0 Å². The maximum atomic E-state index is 13.8. The molecule has 6 heteroatoms. The van der Waals surface area contributed by atoms with Crippen LogP contribution in [0.5, 0.6) is 0 Å². The second-order valence-corrected chi connectivity index (χ2v) is 7.69. The summed E-state index contributed by atoms with van der Waals surface area (Å²) in [7, 11) is 0. The number of Topliss-reactive ketones (excluding diaryl/α,β-unsaturated/α-hetero) is 1. The van der Waals surface area contributed by atoms with Crippen molar-refractivity contribution in [2.24, 2.45) is 11.8 Å². The summed E-state index contributed by atoms with van der Waals surface area (Å²) in [6.07, 6.45) is 6.34. The van der Waals surface area contributed by atoms with Crippen molar-refractivity contribution in [1.29, 1.82) is 0 Å². The zero-order valence-corrected chi connectivity index (χ0v) is 15.9. The van der Waals surface area contributed by atoms with E-state index in [1.807, 2.05) is 6.92 Å². The Hall–Kier alpha value is -1.04. The molecule has 0 saturated heterocycles. The van der Waals surface area contributed by atoms with Crippen molar-refractivity contribution in [3.63, 3.8) is 0 Å². The molecule has 0 radical (unpaired) electrons. The van der Waals surface area contributed by atoms with Crippen molar-refractivity contribution >= 4 is 11.8 Å². The number of carboxylic acids is 1. The lowest BCUT2D eigenvalue weighted by Gasteiger charge is -2.23. The van der Waals surface area contributed by atoms with Crippen LogP contribution in [0.4, 0.5) is 8.78 Å². The van der Waals surface area contributed by atoms with E-state index in [9.17, 15) is 23.5 Å². The number of halogens is 2. The minimum Gasteiger partial charge on any atom is -0.481 e. The predicted molar refractivity (Wildman–Crippen MR) is 96.3 cm³/mol. The number of aliphatic hydroxyl groups excluding tert-OH is 1. The molecule has 0 aromatic carbocycles. The van der Waals surface area contributed by atoms with Gasteiger partial charge in [-0.15, -0.1) is 0 Å². The van der Waals surface area contributed by atoms with Gasteiger partial charge in [0.15, 0.2) is 0 Å². The van der Waals surface area contributed by atoms with Gasteiger partial charge in [0.2, 0.25) is 5.78 Å². The molecule has 0 aromatic rings. The smallest absolute Gasteiger partial charge is 0.305 e. The highest BCUT2D eigenvalue weighted by Gasteiger charge is 2.39. The maximum absolute atomic E-state index is 13.8. The molecule has 152 valence electrons. The molecule has 0 aliphatic heterocycles. The summed E-state index contributed by atoms with van der Waals surface area (Å²) < 4.78 is 27.6. The first-order valence-corrected chi connectivity index (χ1v) is 10.1. The molecule has 0 spiro atoms. The van der Waals surface area contributed by atoms with Gasteiger partial charge < -0.3 is 10.2 Å². The number of carbonyl (C=O) groups excluding carboxylic acids is 1. The minimum atomic E-state index is -3.22. The summed E-state index contributed by atoms with van der Waals surface area (Å²) in [6, 6.07) is 0. The number of alkyl halides is 2. The van der Waals surface area contributed by atoms with E-state index < -0.39 is 23.8 Å². The van der Waals surface area contributed by atoms with E-state index in [2.05, 4.69) is 0 Å². The van der Waals surface area contributed by atoms with Crippen LogP contribution < -0.4 is 0 Å². The zero-order chi connectivity index (χ0) is 19.6. The minimum absolute atomic E-state index is 0.0755. The molecule has 3 atom stereocenters. The lowest BCUT2D eigenvalue weighted by atomic mass is 9.85. The summed E-state index contributed by atoms with van der Waals surface area (Å²) in [5.41, 5.74) is 0. The second-order valence-electron chi connectivity index (χ2n) is 7.69. The number of unbranched alkanes of at least 4 members (excludes halogenated alkanes) is 4. The summed E-state index contributed by atoms with van der Waals surface area (Å²) in [4.78, 5) is 22.3. The Labute approximate surface area is 155 Å². The molecule has 26 heavy (non-hydrogen) atoms. The van der Waals surface area contributed by atoms with E-state index in [-0.39, 0.29) is 31.1 Å². The van der Waals surface area contributed by atoms with Crippen molar-refractivity contribution in [2.45, 2.75) is 102 Å². The highest BCUT2D eigenvalue weighted by atomic mass is 19.3. The van der Waals surface area contributed by atoms with Gasteiger partial charge in [-0.1, -0.05) is 32.6 Å². The largest absolute Gasteiger partial charge is 0.481 e. The van der Waals surface area contributed by atoms with Gasteiger partial charge in [-0.2, -0.15) is 8.78 Å². The van der Waals surface area contributed by atoms with Crippen LogP contribution in [0.1, 0.15) is 90.4 Å². The predicted octanol–water partition coefficient (Wildman–Crippen LogP) is 4.97. The third-order valence-corrected chi connectivity index (χ3v) is 5.61. The Balaban J connectivity index is 2.33. The molecule has 0 bridgehead atoms. The van der Waals surface area contributed by atoms with Crippen LogP contribution >= 0.6 is 0 Å². The van der Waals surface area contributed by atoms with E-state index >= 15 is 0 Å². The molecule has 0 heterocycles. The fourth-order valence-corrected chi connectivity index (χ4v) is 3.96. The van der Waals surface area contributed by atoms with Crippen LogP contribution in [-0.2, 0) is 9.59 Å². The highest BCUT2D eigenvalue weighted by molar-refractivity contribution is 5.85. The number of carbonyl (C=O) groups is 2. The summed E-state index contributed by atoms with van der Waals surface area (Å²) in [5.74, 6) is -4.75. The van der Waals surface area contributed by atoms with Crippen LogP contribution in [0.15, 0.2) is 0 Å². The van der Waals surface area contributed by atoms with Crippen LogP contribution in [0, 0.1) is 11.8 Å². The third-order valence-electron chi connectivity index (χ3n) is 5.61. The first kappa shape index (κ1) is 23.0. The fourth-order valence-electron chi connectivity index (χ4n) is 3.96. The Bertz CT molecular complexity index is 440. The summed E-state index contributed by atoms with van der Waals surface area (Å²) >= 11 is 0. The van der Waals surface area contributed by atoms with Crippen molar-refractivity contribution in [2.75, 3.05) is 0 Å². The number of carboxylic acid groups (broad SMARTS) is 1. The molecule has 3 unspecified atom stereocenters. The summed E-state index contributed by atoms with van der Waals surface area (Å²) in [5, 5.41) is 18.8. The van der Waals surface area contributed by atoms with Crippen LogP contribution in [-0.4, -0.2) is 34.0 Å². The van der Waals surface area contributed by atoms with Crippen LogP contribution in [0.25, 0.3) is 0 Å². The van der Waals surface area contributed by atoms with E-state index in [1.165, 1.54) is 0 Å². The second kappa shape index (κ2) is 11.6. The quantitative estimate of drug-likeness (QED) is 0.420. The molecule has 0 amide bonds. The molecule has 0 aromatic heterocycles. The average molecular weight is 376 g/mol. The van der Waals surface area contributed by atoms with Gasteiger partial charge >= 0.3 is 11.9 Å². The molecule has 4 nitrogen and oxygen atoms in total. The standard InChI is InChI=1S/C20H34F2O4/c1-2-3-14-20(21,22)18(24)13-11-15-10-12-17(23)16(15)8-6-4-5-7-9-19(25)26/h15-17,23H,2-14H2,1H3,(H,25,26). The van der Waals surface area contributed by atoms with Gasteiger partial charge in [0, 0.05) is 19.3 Å². The average Bonchev–Trinajstić information content (AvgIpc) is 2.93. The SMILES string of the molecule is CCCCC(F)(F)C(=O)CCC1CCC(O)C1CCCCCCC(=O)O. The Morgan fingerprint density at radius 3 is 2.35 bits per heavy atom. The summed E-state index contributed by atoms with van der Waals surface area (Å²) in [6.45, 7) is 1.83. The fraction of sp³-hybridized carbons (Fsp3) is 0.900. The first-order chi connectivity index (χ1) is 12.3. The number of hydrogen-bond acceptors (Lipinski definition) is 3. The molecular weight excluding hydrogens is 342 g/mol. The van der Waals surface area contributed by atoms with Gasteiger partial charge in [-0.05, 0) is 50.4 Å². The van der Waals surface area contributed by atoms with Gasteiger partial charge in [-0.3, -0.25) is 9.59 Å². The Morgan fingerprint density at radius 2 is 1.69 bits per heavy atom. The van der Waals surface area contributed by atoms with Crippen molar-refractivity contribution in [3.8, 4) is 0 Å². The van der Waals surface area contributed by atoms with Crippen molar-refractivity contribution < 1.29 is 28.6 Å². The van der Waals surface area contributed by atoms with E-state index in [4.69, 9.17) is 5.11 Å². The Morgan fingerprint density at radius 1 is 1.00 bits per heavy atom. The lowest BCUT2D eigenvalue weighted by Crippen LogP contribution is -2.29. The molecule has 1 fully saturated rings. The lowest BCUT2D eigenvalue weighted by molar-refractivity contribution is -0.144. The number of rotatable bonds is 14. The number of aliphatic carboxylic acids is 1. The van der Waals surface area contributed by atoms with Crippen molar-refractivity contribution in [1.82, 2.24) is 0 Å². The van der Waals surface area contributed by atoms with Gasteiger partial charge in [0.05, 0.1) is 6.10 Å².